The second-order valence-corrected chi connectivity index (χ2v) is 9.49. The molecule has 0 aliphatic heterocycles. The molecule has 1 heterocycles. The van der Waals surface area contributed by atoms with Gasteiger partial charge in [0.2, 0.25) is 5.91 Å². The molecule has 8 nitrogen and oxygen atoms in total. The largest absolute Gasteiger partial charge is 0.369 e. The van der Waals surface area contributed by atoms with Gasteiger partial charge in [-0.25, -0.2) is 12.8 Å². The Morgan fingerprint density at radius 1 is 0.970 bits per heavy atom. The molecule has 0 unspecified atom stereocenters. The number of primary amides is 1. The lowest BCUT2D eigenvalue weighted by Crippen LogP contribution is -2.13. The van der Waals surface area contributed by atoms with Crippen molar-refractivity contribution in [1.29, 1.82) is 0 Å². The first-order valence-electron chi connectivity index (χ1n) is 9.64. The molecule has 4 rings (SSSR count). The van der Waals surface area contributed by atoms with Gasteiger partial charge in [0.15, 0.2) is 11.0 Å². The lowest BCUT2D eigenvalue weighted by molar-refractivity contribution is -0.115. The molecule has 0 atom stereocenters. The Balaban J connectivity index is 1.66. The second-order valence-electron chi connectivity index (χ2n) is 6.87. The molecule has 0 aliphatic carbocycles. The molecule has 3 aromatic carbocycles. The summed E-state index contributed by atoms with van der Waals surface area (Å²) >= 11 is 1.11. The number of nitrogens with one attached hydrogen (secondary N) is 1. The maximum Gasteiger partial charge on any atom is 0.261 e. The van der Waals surface area contributed by atoms with Crippen molar-refractivity contribution in [3.8, 4) is 17.1 Å². The predicted molar refractivity (Wildman–Crippen MR) is 124 cm³/mol. The summed E-state index contributed by atoms with van der Waals surface area (Å²) in [6.07, 6.45) is 0. The fourth-order valence-corrected chi connectivity index (χ4v) is 4.78. The van der Waals surface area contributed by atoms with E-state index in [2.05, 4.69) is 14.9 Å². The molecule has 0 spiro atoms. The van der Waals surface area contributed by atoms with Gasteiger partial charge in [-0.15, -0.1) is 10.2 Å². The molecule has 0 fully saturated rings. The molecule has 0 aliphatic rings. The monoisotopic (exact) mass is 483 g/mol. The van der Waals surface area contributed by atoms with E-state index in [9.17, 15) is 17.6 Å². The number of nitrogens with two attached hydrogens (primary N) is 1. The number of thioether (sulfide) groups is 1. The van der Waals surface area contributed by atoms with E-state index in [4.69, 9.17) is 5.73 Å². The molecule has 1 amide bonds. The fourth-order valence-electron chi connectivity index (χ4n) is 3.01. The third-order valence-corrected chi connectivity index (χ3v) is 6.86. The van der Waals surface area contributed by atoms with Crippen molar-refractivity contribution < 1.29 is 17.6 Å². The quantitative estimate of drug-likeness (QED) is 0.371. The van der Waals surface area contributed by atoms with Gasteiger partial charge in [-0.3, -0.25) is 14.1 Å². The molecule has 0 saturated heterocycles. The fraction of sp³-hybridized carbons (Fsp3) is 0.0455. The van der Waals surface area contributed by atoms with Crippen LogP contribution in [0.25, 0.3) is 17.1 Å². The Hall–Kier alpha value is -3.70. The van der Waals surface area contributed by atoms with Crippen molar-refractivity contribution in [1.82, 2.24) is 14.8 Å². The van der Waals surface area contributed by atoms with Crippen LogP contribution in [0.1, 0.15) is 0 Å². The number of benzene rings is 3. The number of anilines is 1. The van der Waals surface area contributed by atoms with Gasteiger partial charge in [0.25, 0.3) is 10.0 Å². The average Bonchev–Trinajstić information content (AvgIpc) is 3.23. The van der Waals surface area contributed by atoms with Crippen LogP contribution in [0, 0.1) is 5.82 Å². The third kappa shape index (κ3) is 5.21. The lowest BCUT2D eigenvalue weighted by atomic mass is 10.2. The first kappa shape index (κ1) is 22.5. The molecule has 0 saturated carbocycles. The molecular formula is C22H18FN5O3S2. The van der Waals surface area contributed by atoms with Gasteiger partial charge in [0.1, 0.15) is 5.82 Å². The average molecular weight is 484 g/mol. The highest BCUT2D eigenvalue weighted by Crippen LogP contribution is 2.29. The molecule has 1 aromatic heterocycles. The summed E-state index contributed by atoms with van der Waals surface area (Å²) in [5, 5.41) is 8.78. The SMILES string of the molecule is NC(=O)CSc1nnc(-c2ccc(NS(=O)(=O)c3ccccc3)cc2)n1-c1ccc(F)cc1. The number of amides is 1. The summed E-state index contributed by atoms with van der Waals surface area (Å²) in [6, 6.07) is 20.4. The van der Waals surface area contributed by atoms with Crippen molar-refractivity contribution in [2.24, 2.45) is 5.73 Å². The van der Waals surface area contributed by atoms with Crippen LogP contribution >= 0.6 is 11.8 Å². The Kier molecular flexibility index (Phi) is 6.43. The number of hydrogen-bond donors (Lipinski definition) is 2. The topological polar surface area (TPSA) is 120 Å². The minimum absolute atomic E-state index is 0.000465. The van der Waals surface area contributed by atoms with Crippen LogP contribution in [0.4, 0.5) is 10.1 Å². The number of sulfonamides is 1. The summed E-state index contributed by atoms with van der Waals surface area (Å²) in [6.45, 7) is 0. The number of nitrogens with zero attached hydrogens (tertiary/aromatic N) is 3. The van der Waals surface area contributed by atoms with E-state index in [0.717, 1.165) is 11.8 Å². The molecule has 4 aromatic rings. The Bertz CT molecular complexity index is 1370. The predicted octanol–water partition coefficient (Wildman–Crippen LogP) is 3.45. The minimum atomic E-state index is -3.72. The normalized spacial score (nSPS) is 11.3. The van der Waals surface area contributed by atoms with Crippen molar-refractivity contribution in [2.45, 2.75) is 10.1 Å². The first-order valence-corrected chi connectivity index (χ1v) is 12.1. The molecule has 0 bridgehead atoms. The van der Waals surface area contributed by atoms with E-state index in [0.29, 0.717) is 27.9 Å². The van der Waals surface area contributed by atoms with Crippen LogP contribution in [0.15, 0.2) is 88.9 Å². The standard InChI is InChI=1S/C22H18FN5O3S2/c23-16-8-12-18(13-9-16)28-21(25-26-22(28)32-14-20(24)29)15-6-10-17(11-7-15)27-33(30,31)19-4-2-1-3-5-19/h1-13,27H,14H2,(H2,24,29). The molecule has 11 heteroatoms. The number of carbonyl (C=O) groups is 1. The summed E-state index contributed by atoms with van der Waals surface area (Å²) in [4.78, 5) is 11.4. The maximum atomic E-state index is 13.4. The van der Waals surface area contributed by atoms with Gasteiger partial charge >= 0.3 is 0 Å². The smallest absolute Gasteiger partial charge is 0.261 e. The molecule has 33 heavy (non-hydrogen) atoms. The van der Waals surface area contributed by atoms with Crippen LogP contribution < -0.4 is 10.5 Å². The zero-order valence-corrected chi connectivity index (χ0v) is 18.7. The van der Waals surface area contributed by atoms with Crippen molar-refractivity contribution in [2.75, 3.05) is 10.5 Å². The Morgan fingerprint density at radius 3 is 2.27 bits per heavy atom. The highest BCUT2D eigenvalue weighted by molar-refractivity contribution is 7.99. The highest BCUT2D eigenvalue weighted by Gasteiger charge is 2.18. The zero-order chi connectivity index (χ0) is 23.4. The molecule has 168 valence electrons. The van der Waals surface area contributed by atoms with Crippen molar-refractivity contribution >= 4 is 33.4 Å². The van der Waals surface area contributed by atoms with Crippen molar-refractivity contribution in [3.05, 3.63) is 84.7 Å². The number of aromatic nitrogens is 3. The van der Waals surface area contributed by atoms with Gasteiger partial charge in [-0.1, -0.05) is 30.0 Å². The van der Waals surface area contributed by atoms with E-state index >= 15 is 0 Å². The summed E-state index contributed by atoms with van der Waals surface area (Å²) < 4.78 is 42.7. The van der Waals surface area contributed by atoms with E-state index < -0.39 is 21.7 Å². The van der Waals surface area contributed by atoms with Gasteiger partial charge < -0.3 is 5.73 Å². The third-order valence-electron chi connectivity index (χ3n) is 4.51. The Labute approximate surface area is 193 Å². The zero-order valence-electron chi connectivity index (χ0n) is 17.1. The molecule has 0 radical (unpaired) electrons. The van der Waals surface area contributed by atoms with Crippen LogP contribution in [-0.2, 0) is 14.8 Å². The maximum absolute atomic E-state index is 13.4. The van der Waals surface area contributed by atoms with Crippen LogP contribution in [0.2, 0.25) is 0 Å². The molecular weight excluding hydrogens is 465 g/mol. The lowest BCUT2D eigenvalue weighted by Gasteiger charge is -2.11. The van der Waals surface area contributed by atoms with E-state index in [-0.39, 0.29) is 10.6 Å². The summed E-state index contributed by atoms with van der Waals surface area (Å²) in [5.41, 5.74) is 6.86. The minimum Gasteiger partial charge on any atom is -0.369 e. The van der Waals surface area contributed by atoms with Crippen LogP contribution in [-0.4, -0.2) is 34.8 Å². The van der Waals surface area contributed by atoms with Crippen LogP contribution in [0.3, 0.4) is 0 Å². The van der Waals surface area contributed by atoms with Gasteiger partial charge in [0.05, 0.1) is 10.6 Å². The van der Waals surface area contributed by atoms with E-state index in [1.54, 1.807) is 59.2 Å². The highest BCUT2D eigenvalue weighted by atomic mass is 32.2. The number of carbonyl (C=O) groups excluding carboxylic acids is 1. The Morgan fingerprint density at radius 2 is 1.64 bits per heavy atom. The number of hydrogen-bond acceptors (Lipinski definition) is 6. The van der Waals surface area contributed by atoms with E-state index in [1.165, 1.54) is 24.3 Å². The summed E-state index contributed by atoms with van der Waals surface area (Å²) in [7, 11) is -3.72. The molecule has 3 N–H and O–H groups in total. The van der Waals surface area contributed by atoms with Crippen LogP contribution in [0.5, 0.6) is 0 Å². The van der Waals surface area contributed by atoms with Gasteiger partial charge in [-0.05, 0) is 60.7 Å². The first-order chi connectivity index (χ1) is 15.8. The van der Waals surface area contributed by atoms with Crippen molar-refractivity contribution in [3.63, 3.8) is 0 Å². The van der Waals surface area contributed by atoms with Gasteiger partial charge in [0, 0.05) is 16.9 Å². The van der Waals surface area contributed by atoms with Gasteiger partial charge in [-0.2, -0.15) is 0 Å². The number of rotatable bonds is 8. The summed E-state index contributed by atoms with van der Waals surface area (Å²) in [5.74, 6) is -0.467. The second kappa shape index (κ2) is 9.43. The number of halogens is 1. The van der Waals surface area contributed by atoms with E-state index in [1.807, 2.05) is 0 Å².